The Morgan fingerprint density at radius 3 is 2.25 bits per heavy atom. The number of benzene rings is 2. The molecule has 218 valence electrons. The molecule has 1 saturated heterocycles. The zero-order chi connectivity index (χ0) is 29.1. The predicted octanol–water partition coefficient (Wildman–Crippen LogP) is 6.57. The lowest BCUT2D eigenvalue weighted by Crippen LogP contribution is -2.41. The molecule has 2 aromatic rings. The van der Waals surface area contributed by atoms with E-state index < -0.39 is 44.8 Å². The lowest BCUT2D eigenvalue weighted by Gasteiger charge is -2.32. The maximum absolute atomic E-state index is 14.3. The van der Waals surface area contributed by atoms with Gasteiger partial charge in [0.2, 0.25) is 10.0 Å². The minimum absolute atomic E-state index is 0.109. The van der Waals surface area contributed by atoms with E-state index in [2.05, 4.69) is 0 Å². The highest BCUT2D eigenvalue weighted by Gasteiger charge is 2.57. The van der Waals surface area contributed by atoms with Crippen LogP contribution in [0.5, 0.6) is 0 Å². The normalized spacial score (nSPS) is 24.3. The molecule has 1 N–H and O–H groups in total. The maximum Gasteiger partial charge on any atom is 0.309 e. The van der Waals surface area contributed by atoms with E-state index in [4.69, 9.17) is 16.3 Å². The van der Waals surface area contributed by atoms with Crippen molar-refractivity contribution in [2.75, 3.05) is 5.75 Å². The molecule has 2 aromatic carbocycles. The van der Waals surface area contributed by atoms with Crippen molar-refractivity contribution >= 4 is 45.3 Å². The number of carbonyl (C=O) groups is 2. The molecule has 40 heavy (non-hydrogen) atoms. The molecular formula is C30H38ClNO6S2. The van der Waals surface area contributed by atoms with Crippen LogP contribution in [0.1, 0.15) is 70.9 Å². The Hall–Kier alpha value is -2.07. The molecular weight excluding hydrogens is 570 g/mol. The van der Waals surface area contributed by atoms with E-state index in [0.717, 1.165) is 25.7 Å². The van der Waals surface area contributed by atoms with Crippen LogP contribution in [0.15, 0.2) is 59.5 Å². The van der Waals surface area contributed by atoms with Crippen molar-refractivity contribution in [1.29, 1.82) is 0 Å². The Labute approximate surface area is 246 Å². The molecule has 7 nitrogen and oxygen atoms in total. The third-order valence-corrected chi connectivity index (χ3v) is 11.2. The number of nitrogens with zero attached hydrogens (tertiary/aromatic N) is 1. The zero-order valence-corrected chi connectivity index (χ0v) is 25.6. The SMILES string of the molecule is CC(C)(C)OC(=O)CCS[C@@H]1C(CC2CCCC2)N(S(=O)(=O)c2ccccc2)C(c2ccc(Cl)cc2)[C@@H]1C(=O)O. The lowest BCUT2D eigenvalue weighted by atomic mass is 9.91. The van der Waals surface area contributed by atoms with Gasteiger partial charge in [-0.3, -0.25) is 9.59 Å². The minimum Gasteiger partial charge on any atom is -0.481 e. The predicted molar refractivity (Wildman–Crippen MR) is 158 cm³/mol. The van der Waals surface area contributed by atoms with Crippen LogP contribution in [0.25, 0.3) is 0 Å². The van der Waals surface area contributed by atoms with Crippen LogP contribution in [0.2, 0.25) is 5.02 Å². The van der Waals surface area contributed by atoms with Gasteiger partial charge in [-0.25, -0.2) is 8.42 Å². The highest BCUT2D eigenvalue weighted by Crippen LogP contribution is 2.52. The highest BCUT2D eigenvalue weighted by atomic mass is 35.5. The van der Waals surface area contributed by atoms with Crippen molar-refractivity contribution in [3.63, 3.8) is 0 Å². The van der Waals surface area contributed by atoms with Gasteiger partial charge in [0.05, 0.1) is 23.3 Å². The number of carboxylic acid groups (broad SMARTS) is 1. The molecule has 0 aromatic heterocycles. The maximum atomic E-state index is 14.3. The van der Waals surface area contributed by atoms with Crippen LogP contribution < -0.4 is 0 Å². The number of carboxylic acids is 1. The number of aliphatic carboxylic acids is 1. The Bertz CT molecular complexity index is 1270. The van der Waals surface area contributed by atoms with Gasteiger partial charge in [0.25, 0.3) is 0 Å². The van der Waals surface area contributed by atoms with Crippen molar-refractivity contribution in [3.05, 3.63) is 65.2 Å². The van der Waals surface area contributed by atoms with E-state index in [9.17, 15) is 23.1 Å². The van der Waals surface area contributed by atoms with Crippen molar-refractivity contribution in [2.45, 2.75) is 87.1 Å². The van der Waals surface area contributed by atoms with Gasteiger partial charge in [0.15, 0.2) is 0 Å². The van der Waals surface area contributed by atoms with Crippen LogP contribution in [0.4, 0.5) is 0 Å². The first-order valence-electron chi connectivity index (χ1n) is 13.8. The van der Waals surface area contributed by atoms with Gasteiger partial charge in [-0.15, -0.1) is 0 Å². The molecule has 4 rings (SSSR count). The van der Waals surface area contributed by atoms with Crippen molar-refractivity contribution in [2.24, 2.45) is 11.8 Å². The summed E-state index contributed by atoms with van der Waals surface area (Å²) in [6.45, 7) is 5.41. The highest BCUT2D eigenvalue weighted by molar-refractivity contribution is 8.00. The largest absolute Gasteiger partial charge is 0.481 e. The molecule has 2 unspecified atom stereocenters. The molecule has 1 heterocycles. The summed E-state index contributed by atoms with van der Waals surface area (Å²) in [5.41, 5.74) is -0.0350. The second-order valence-electron chi connectivity index (χ2n) is 11.6. The Morgan fingerprint density at radius 1 is 1.05 bits per heavy atom. The van der Waals surface area contributed by atoms with Crippen LogP contribution in [-0.2, 0) is 24.3 Å². The quantitative estimate of drug-likeness (QED) is 0.305. The van der Waals surface area contributed by atoms with Gasteiger partial charge >= 0.3 is 11.9 Å². The van der Waals surface area contributed by atoms with Crippen molar-refractivity contribution in [3.8, 4) is 0 Å². The van der Waals surface area contributed by atoms with Gasteiger partial charge < -0.3 is 9.84 Å². The van der Waals surface area contributed by atoms with Crippen LogP contribution >= 0.6 is 23.4 Å². The van der Waals surface area contributed by atoms with E-state index in [1.165, 1.54) is 16.1 Å². The molecule has 10 heteroatoms. The van der Waals surface area contributed by atoms with Gasteiger partial charge in [0, 0.05) is 22.1 Å². The number of hydrogen-bond donors (Lipinski definition) is 1. The molecule has 0 spiro atoms. The summed E-state index contributed by atoms with van der Waals surface area (Å²) >= 11 is 7.53. The number of rotatable bonds is 10. The fourth-order valence-corrected chi connectivity index (χ4v) is 9.54. The first kappa shape index (κ1) is 30.9. The fourth-order valence-electron chi connectivity index (χ4n) is 5.97. The topological polar surface area (TPSA) is 101 Å². The molecule has 1 aliphatic carbocycles. The van der Waals surface area contributed by atoms with E-state index in [-0.39, 0.29) is 17.3 Å². The fraction of sp³-hybridized carbons (Fsp3) is 0.533. The number of thioether (sulfide) groups is 1. The minimum atomic E-state index is -4.07. The van der Waals surface area contributed by atoms with Crippen LogP contribution in [0.3, 0.4) is 0 Å². The van der Waals surface area contributed by atoms with Gasteiger partial charge in [-0.2, -0.15) is 16.1 Å². The first-order chi connectivity index (χ1) is 18.9. The van der Waals surface area contributed by atoms with Gasteiger partial charge in [-0.1, -0.05) is 67.6 Å². The van der Waals surface area contributed by atoms with E-state index in [1.807, 2.05) is 0 Å². The summed E-state index contributed by atoms with van der Waals surface area (Å²) in [5, 5.41) is 10.5. The number of halogens is 1. The van der Waals surface area contributed by atoms with E-state index in [1.54, 1.807) is 75.4 Å². The Balaban J connectivity index is 1.78. The van der Waals surface area contributed by atoms with Crippen molar-refractivity contribution < 1.29 is 27.9 Å². The Kier molecular flexibility index (Phi) is 9.91. The zero-order valence-electron chi connectivity index (χ0n) is 23.2. The molecule has 4 atom stereocenters. The number of hydrogen-bond acceptors (Lipinski definition) is 6. The second kappa shape index (κ2) is 12.8. The number of sulfonamides is 1. The number of ether oxygens (including phenoxy) is 1. The number of carbonyl (C=O) groups excluding carboxylic acids is 1. The van der Waals surface area contributed by atoms with Gasteiger partial charge in [-0.05, 0) is 62.9 Å². The summed E-state index contributed by atoms with van der Waals surface area (Å²) in [6, 6.07) is 13.5. The standard InChI is InChI=1S/C30H38ClNO6S2/c1-30(2,3)38-25(33)17-18-39-28-24(19-20-9-7-8-10-20)32(40(36,37)23-11-5-4-6-12-23)27(26(28)29(34)35)21-13-15-22(31)16-14-21/h4-6,11-16,20,24,26-28H,7-10,17-19H2,1-3H3,(H,34,35)/t24?,26-,27?,28+/m0/s1. The van der Waals surface area contributed by atoms with Crippen LogP contribution in [-0.4, -0.2) is 52.4 Å². The summed E-state index contributed by atoms with van der Waals surface area (Å²) in [5.74, 6) is -1.80. The average molecular weight is 608 g/mol. The van der Waals surface area contributed by atoms with E-state index >= 15 is 0 Å². The average Bonchev–Trinajstić information content (AvgIpc) is 3.51. The molecule has 1 saturated carbocycles. The lowest BCUT2D eigenvalue weighted by molar-refractivity contribution is -0.154. The summed E-state index contributed by atoms with van der Waals surface area (Å²) < 4.78 is 35.6. The van der Waals surface area contributed by atoms with Gasteiger partial charge in [0.1, 0.15) is 5.60 Å². The molecule has 0 bridgehead atoms. The summed E-state index contributed by atoms with van der Waals surface area (Å²) in [6.07, 6.45) is 4.84. The summed E-state index contributed by atoms with van der Waals surface area (Å²) in [7, 11) is -4.07. The smallest absolute Gasteiger partial charge is 0.309 e. The van der Waals surface area contributed by atoms with Crippen molar-refractivity contribution in [1.82, 2.24) is 4.31 Å². The molecule has 2 fully saturated rings. The molecule has 0 radical (unpaired) electrons. The van der Waals surface area contributed by atoms with E-state index in [0.29, 0.717) is 28.7 Å². The van der Waals surface area contributed by atoms with Crippen LogP contribution in [0, 0.1) is 11.8 Å². The number of esters is 1. The third-order valence-electron chi connectivity index (χ3n) is 7.58. The first-order valence-corrected chi connectivity index (χ1v) is 16.7. The second-order valence-corrected chi connectivity index (χ2v) is 15.2. The summed E-state index contributed by atoms with van der Waals surface area (Å²) in [4.78, 5) is 25.6. The monoisotopic (exact) mass is 607 g/mol. The molecule has 0 amide bonds. The molecule has 1 aliphatic heterocycles. The third kappa shape index (κ3) is 7.22. The Morgan fingerprint density at radius 2 is 1.68 bits per heavy atom. The molecule has 2 aliphatic rings.